The van der Waals surface area contributed by atoms with E-state index in [4.69, 9.17) is 0 Å². The van der Waals surface area contributed by atoms with Gasteiger partial charge in [-0.2, -0.15) is 0 Å². The Hall–Kier alpha value is -0.570. The van der Waals surface area contributed by atoms with Gasteiger partial charge in [0.15, 0.2) is 0 Å². The predicted octanol–water partition coefficient (Wildman–Crippen LogP) is 3.44. The van der Waals surface area contributed by atoms with E-state index in [0.29, 0.717) is 6.42 Å². The topological polar surface area (TPSA) is 32.3 Å². The molecule has 118 valence electrons. The SMILES string of the molecule is CC(C)NC(=O)CCCCCN1CCC(C(C)C)CC1. The first-order valence-electron chi connectivity index (χ1n) is 8.50. The van der Waals surface area contributed by atoms with Crippen LogP contribution in [0.2, 0.25) is 0 Å². The summed E-state index contributed by atoms with van der Waals surface area (Å²) in [5.74, 6) is 1.99. The van der Waals surface area contributed by atoms with Gasteiger partial charge in [-0.25, -0.2) is 0 Å². The third-order valence-electron chi connectivity index (χ3n) is 4.40. The molecular weight excluding hydrogens is 248 g/mol. The Morgan fingerprint density at radius 1 is 1.10 bits per heavy atom. The molecule has 3 nitrogen and oxygen atoms in total. The van der Waals surface area contributed by atoms with Crippen molar-refractivity contribution < 1.29 is 4.79 Å². The van der Waals surface area contributed by atoms with E-state index in [2.05, 4.69) is 24.1 Å². The van der Waals surface area contributed by atoms with E-state index >= 15 is 0 Å². The van der Waals surface area contributed by atoms with Crippen LogP contribution >= 0.6 is 0 Å². The molecule has 0 saturated carbocycles. The largest absolute Gasteiger partial charge is 0.354 e. The van der Waals surface area contributed by atoms with Crippen molar-refractivity contribution in [3.05, 3.63) is 0 Å². The van der Waals surface area contributed by atoms with Crippen molar-refractivity contribution in [1.29, 1.82) is 0 Å². The second-order valence-electron chi connectivity index (χ2n) is 6.96. The number of nitrogens with zero attached hydrogens (tertiary/aromatic N) is 1. The first-order chi connectivity index (χ1) is 9.49. The highest BCUT2D eigenvalue weighted by atomic mass is 16.1. The Kier molecular flexibility index (Phi) is 8.20. The molecule has 0 unspecified atom stereocenters. The molecule has 1 saturated heterocycles. The van der Waals surface area contributed by atoms with E-state index in [-0.39, 0.29) is 11.9 Å². The van der Waals surface area contributed by atoms with Crippen LogP contribution in [0.25, 0.3) is 0 Å². The quantitative estimate of drug-likeness (QED) is 0.692. The standard InChI is InChI=1S/C17H34N2O/c1-14(2)16-9-12-19(13-10-16)11-7-5-6-8-17(20)18-15(3)4/h14-16H,5-13H2,1-4H3,(H,18,20). The molecule has 1 amide bonds. The number of hydrogen-bond donors (Lipinski definition) is 1. The van der Waals surface area contributed by atoms with E-state index in [1.807, 2.05) is 13.8 Å². The van der Waals surface area contributed by atoms with Crippen molar-refractivity contribution in [2.75, 3.05) is 19.6 Å². The molecule has 0 aromatic rings. The fourth-order valence-electron chi connectivity index (χ4n) is 3.04. The summed E-state index contributed by atoms with van der Waals surface area (Å²) in [6.07, 6.45) is 6.87. The second kappa shape index (κ2) is 9.38. The summed E-state index contributed by atoms with van der Waals surface area (Å²) in [6, 6.07) is 0.268. The molecule has 1 aliphatic heterocycles. The van der Waals surface area contributed by atoms with Gasteiger partial charge in [0.2, 0.25) is 5.91 Å². The van der Waals surface area contributed by atoms with E-state index in [0.717, 1.165) is 18.3 Å². The van der Waals surface area contributed by atoms with Crippen LogP contribution in [-0.2, 0) is 4.79 Å². The summed E-state index contributed by atoms with van der Waals surface area (Å²) >= 11 is 0. The first-order valence-corrected chi connectivity index (χ1v) is 8.50. The molecule has 3 heteroatoms. The minimum absolute atomic E-state index is 0.206. The monoisotopic (exact) mass is 282 g/mol. The average molecular weight is 282 g/mol. The van der Waals surface area contributed by atoms with Crippen LogP contribution in [0.3, 0.4) is 0 Å². The Labute approximate surface area is 125 Å². The van der Waals surface area contributed by atoms with Gasteiger partial charge >= 0.3 is 0 Å². The third kappa shape index (κ3) is 7.28. The van der Waals surface area contributed by atoms with Crippen LogP contribution in [0.15, 0.2) is 0 Å². The van der Waals surface area contributed by atoms with Crippen LogP contribution in [0.1, 0.15) is 66.2 Å². The van der Waals surface area contributed by atoms with Crippen LogP contribution in [0.4, 0.5) is 0 Å². The maximum absolute atomic E-state index is 11.5. The summed E-state index contributed by atoms with van der Waals surface area (Å²) in [6.45, 7) is 12.5. The molecule has 0 aromatic carbocycles. The number of carbonyl (C=O) groups is 1. The maximum Gasteiger partial charge on any atom is 0.220 e. The number of likely N-dealkylation sites (tertiary alicyclic amines) is 1. The van der Waals surface area contributed by atoms with Crippen LogP contribution < -0.4 is 5.32 Å². The summed E-state index contributed by atoms with van der Waals surface area (Å²) in [4.78, 5) is 14.1. The van der Waals surface area contributed by atoms with Crippen molar-refractivity contribution in [3.8, 4) is 0 Å². The maximum atomic E-state index is 11.5. The predicted molar refractivity (Wildman–Crippen MR) is 85.7 cm³/mol. The second-order valence-corrected chi connectivity index (χ2v) is 6.96. The summed E-state index contributed by atoms with van der Waals surface area (Å²) in [5.41, 5.74) is 0. The van der Waals surface area contributed by atoms with Crippen molar-refractivity contribution >= 4 is 5.91 Å². The lowest BCUT2D eigenvalue weighted by Gasteiger charge is -2.33. The number of amides is 1. The zero-order valence-electron chi connectivity index (χ0n) is 14.0. The number of piperidine rings is 1. The Morgan fingerprint density at radius 2 is 1.75 bits per heavy atom. The summed E-state index contributed by atoms with van der Waals surface area (Å²) < 4.78 is 0. The lowest BCUT2D eigenvalue weighted by molar-refractivity contribution is -0.121. The number of nitrogens with one attached hydrogen (secondary N) is 1. The number of carbonyl (C=O) groups excluding carboxylic acids is 1. The van der Waals surface area contributed by atoms with Gasteiger partial charge in [0, 0.05) is 12.5 Å². The fourth-order valence-corrected chi connectivity index (χ4v) is 3.04. The Balaban J connectivity index is 1.99. The van der Waals surface area contributed by atoms with E-state index < -0.39 is 0 Å². The van der Waals surface area contributed by atoms with Gasteiger partial charge in [-0.3, -0.25) is 4.79 Å². The molecule has 1 heterocycles. The summed E-state index contributed by atoms with van der Waals surface area (Å²) in [7, 11) is 0. The van der Waals surface area contributed by atoms with E-state index in [1.54, 1.807) is 0 Å². The zero-order chi connectivity index (χ0) is 15.0. The minimum atomic E-state index is 0.206. The van der Waals surface area contributed by atoms with E-state index in [9.17, 15) is 4.79 Å². The number of unbranched alkanes of at least 4 members (excludes halogenated alkanes) is 2. The Morgan fingerprint density at radius 3 is 2.30 bits per heavy atom. The van der Waals surface area contributed by atoms with Crippen LogP contribution in [0, 0.1) is 11.8 Å². The van der Waals surface area contributed by atoms with Gasteiger partial charge in [-0.05, 0) is 71.0 Å². The number of hydrogen-bond acceptors (Lipinski definition) is 2. The molecule has 0 aromatic heterocycles. The molecular formula is C17H34N2O. The van der Waals surface area contributed by atoms with Gasteiger partial charge in [0.25, 0.3) is 0 Å². The molecule has 1 fully saturated rings. The van der Waals surface area contributed by atoms with Gasteiger partial charge in [0.05, 0.1) is 0 Å². The van der Waals surface area contributed by atoms with Gasteiger partial charge in [-0.15, -0.1) is 0 Å². The smallest absolute Gasteiger partial charge is 0.220 e. The van der Waals surface area contributed by atoms with Gasteiger partial charge in [0.1, 0.15) is 0 Å². The first kappa shape index (κ1) is 17.5. The lowest BCUT2D eigenvalue weighted by atomic mass is 9.87. The van der Waals surface area contributed by atoms with Crippen molar-refractivity contribution in [2.24, 2.45) is 11.8 Å². The van der Waals surface area contributed by atoms with Crippen molar-refractivity contribution in [3.63, 3.8) is 0 Å². The fraction of sp³-hybridized carbons (Fsp3) is 0.941. The summed E-state index contributed by atoms with van der Waals surface area (Å²) in [5, 5.41) is 2.95. The molecule has 0 atom stereocenters. The molecule has 0 radical (unpaired) electrons. The molecule has 1 rings (SSSR count). The molecule has 1 N–H and O–H groups in total. The van der Waals surface area contributed by atoms with Crippen molar-refractivity contribution in [2.45, 2.75) is 72.3 Å². The molecule has 1 aliphatic rings. The average Bonchev–Trinajstić information content (AvgIpc) is 2.38. The highest BCUT2D eigenvalue weighted by molar-refractivity contribution is 5.76. The minimum Gasteiger partial charge on any atom is -0.354 e. The van der Waals surface area contributed by atoms with Crippen molar-refractivity contribution in [1.82, 2.24) is 10.2 Å². The van der Waals surface area contributed by atoms with Gasteiger partial charge in [-0.1, -0.05) is 20.3 Å². The lowest BCUT2D eigenvalue weighted by Crippen LogP contribution is -2.35. The molecule has 20 heavy (non-hydrogen) atoms. The Bertz CT molecular complexity index is 268. The molecule has 0 aliphatic carbocycles. The highest BCUT2D eigenvalue weighted by Gasteiger charge is 2.20. The normalized spacial score (nSPS) is 17.9. The molecule has 0 bridgehead atoms. The highest BCUT2D eigenvalue weighted by Crippen LogP contribution is 2.24. The zero-order valence-corrected chi connectivity index (χ0v) is 14.0. The van der Waals surface area contributed by atoms with Crippen LogP contribution in [-0.4, -0.2) is 36.5 Å². The molecule has 0 spiro atoms. The van der Waals surface area contributed by atoms with Crippen LogP contribution in [0.5, 0.6) is 0 Å². The third-order valence-corrected chi connectivity index (χ3v) is 4.40. The van der Waals surface area contributed by atoms with Gasteiger partial charge < -0.3 is 10.2 Å². The van der Waals surface area contributed by atoms with E-state index in [1.165, 1.54) is 45.3 Å². The number of rotatable bonds is 8.